The normalized spacial score (nSPS) is 13.1. The lowest BCUT2D eigenvalue weighted by atomic mass is 9.89. The molecule has 3 nitrogen and oxygen atoms in total. The van der Waals surface area contributed by atoms with Crippen molar-refractivity contribution in [3.05, 3.63) is 35.0 Å². The van der Waals surface area contributed by atoms with Crippen LogP contribution in [0.2, 0.25) is 0 Å². The first kappa shape index (κ1) is 10.8. The fraction of sp³-hybridized carbons (Fsp3) is 0.308. The second-order valence-electron chi connectivity index (χ2n) is 4.09. The van der Waals surface area contributed by atoms with Crippen molar-refractivity contribution in [1.82, 2.24) is 5.16 Å². The maximum atomic E-state index is 5.47. The largest absolute Gasteiger partial charge is 0.497 e. The molecule has 0 bridgehead atoms. The quantitative estimate of drug-likeness (QED) is 0.797. The molecular weight excluding hydrogens is 282 g/mol. The van der Waals surface area contributed by atoms with Crippen LogP contribution < -0.4 is 4.74 Å². The highest BCUT2D eigenvalue weighted by Crippen LogP contribution is 2.37. The zero-order valence-corrected chi connectivity index (χ0v) is 11.1. The molecule has 0 saturated carbocycles. The first-order chi connectivity index (χ1) is 8.33. The van der Waals surface area contributed by atoms with E-state index in [1.165, 1.54) is 11.1 Å². The Labute approximate surface area is 108 Å². The molecule has 3 rings (SSSR count). The second kappa shape index (κ2) is 4.18. The predicted molar refractivity (Wildman–Crippen MR) is 68.5 cm³/mol. The fourth-order valence-electron chi connectivity index (χ4n) is 2.29. The Morgan fingerprint density at radius 2 is 2.29 bits per heavy atom. The van der Waals surface area contributed by atoms with Crippen LogP contribution in [-0.4, -0.2) is 12.3 Å². The number of halogens is 1. The van der Waals surface area contributed by atoms with E-state index in [1.807, 2.05) is 12.1 Å². The Balaban J connectivity index is 2.17. The Bertz CT molecular complexity index is 563. The summed E-state index contributed by atoms with van der Waals surface area (Å²) < 4.78 is 10.7. The van der Waals surface area contributed by atoms with Gasteiger partial charge in [-0.15, -0.1) is 0 Å². The van der Waals surface area contributed by atoms with Crippen molar-refractivity contribution in [1.29, 1.82) is 0 Å². The van der Waals surface area contributed by atoms with Crippen molar-refractivity contribution in [3.63, 3.8) is 0 Å². The van der Waals surface area contributed by atoms with E-state index < -0.39 is 0 Å². The molecule has 0 fully saturated rings. The SMILES string of the molecule is COc1ccc2c(c1)-c1onc(CBr)c1CC2. The van der Waals surface area contributed by atoms with Gasteiger partial charge in [-0.1, -0.05) is 27.2 Å². The summed E-state index contributed by atoms with van der Waals surface area (Å²) in [5.74, 6) is 1.76. The van der Waals surface area contributed by atoms with Crippen LogP contribution in [0.1, 0.15) is 16.8 Å². The molecule has 88 valence electrons. The van der Waals surface area contributed by atoms with E-state index in [2.05, 4.69) is 27.2 Å². The summed E-state index contributed by atoms with van der Waals surface area (Å²) >= 11 is 3.44. The summed E-state index contributed by atoms with van der Waals surface area (Å²) in [6, 6.07) is 6.12. The van der Waals surface area contributed by atoms with Gasteiger partial charge in [0, 0.05) is 16.5 Å². The standard InChI is InChI=1S/C13H12BrNO2/c1-16-9-4-2-8-3-5-10-12(7-14)15-17-13(10)11(8)6-9/h2,4,6H,3,5,7H2,1H3. The molecule has 17 heavy (non-hydrogen) atoms. The van der Waals surface area contributed by atoms with Crippen LogP contribution in [0, 0.1) is 0 Å². The van der Waals surface area contributed by atoms with Crippen molar-refractivity contribution in [2.45, 2.75) is 18.2 Å². The van der Waals surface area contributed by atoms with Gasteiger partial charge in [0.1, 0.15) is 5.75 Å². The van der Waals surface area contributed by atoms with Gasteiger partial charge in [-0.05, 0) is 30.5 Å². The van der Waals surface area contributed by atoms with Gasteiger partial charge in [0.25, 0.3) is 0 Å². The lowest BCUT2D eigenvalue weighted by Crippen LogP contribution is -2.03. The number of rotatable bonds is 2. The minimum atomic E-state index is 0.741. The molecule has 1 heterocycles. The number of aromatic nitrogens is 1. The van der Waals surface area contributed by atoms with Gasteiger partial charge in [-0.3, -0.25) is 0 Å². The molecule has 0 saturated heterocycles. The zero-order chi connectivity index (χ0) is 11.8. The lowest BCUT2D eigenvalue weighted by Gasteiger charge is -2.15. The third kappa shape index (κ3) is 1.67. The van der Waals surface area contributed by atoms with E-state index in [1.54, 1.807) is 7.11 Å². The van der Waals surface area contributed by atoms with Crippen molar-refractivity contribution >= 4 is 15.9 Å². The summed E-state index contributed by atoms with van der Waals surface area (Å²) in [5, 5.41) is 4.85. The van der Waals surface area contributed by atoms with Gasteiger partial charge in [-0.25, -0.2) is 0 Å². The van der Waals surface area contributed by atoms with Crippen molar-refractivity contribution in [3.8, 4) is 17.1 Å². The number of fused-ring (bicyclic) bond motifs is 3. The highest BCUT2D eigenvalue weighted by Gasteiger charge is 2.24. The summed E-state index contributed by atoms with van der Waals surface area (Å²) in [7, 11) is 1.68. The van der Waals surface area contributed by atoms with Crippen LogP contribution in [0.25, 0.3) is 11.3 Å². The Morgan fingerprint density at radius 1 is 1.41 bits per heavy atom. The number of methoxy groups -OCH3 is 1. The van der Waals surface area contributed by atoms with Crippen LogP contribution in [0.5, 0.6) is 5.75 Å². The van der Waals surface area contributed by atoms with Crippen molar-refractivity contribution in [2.75, 3.05) is 7.11 Å². The number of alkyl halides is 1. The Kier molecular flexibility index (Phi) is 2.67. The zero-order valence-electron chi connectivity index (χ0n) is 9.50. The maximum absolute atomic E-state index is 5.47. The van der Waals surface area contributed by atoms with Gasteiger partial charge < -0.3 is 9.26 Å². The average Bonchev–Trinajstić information content (AvgIpc) is 2.81. The molecule has 0 amide bonds. The third-order valence-corrected chi connectivity index (χ3v) is 3.73. The Hall–Kier alpha value is -1.29. The maximum Gasteiger partial charge on any atom is 0.170 e. The van der Waals surface area contributed by atoms with Gasteiger partial charge >= 0.3 is 0 Å². The lowest BCUT2D eigenvalue weighted by molar-refractivity contribution is 0.412. The van der Waals surface area contributed by atoms with E-state index in [0.29, 0.717) is 0 Å². The minimum Gasteiger partial charge on any atom is -0.497 e. The van der Waals surface area contributed by atoms with Crippen LogP contribution in [0.15, 0.2) is 22.7 Å². The highest BCUT2D eigenvalue weighted by atomic mass is 79.9. The molecule has 4 heteroatoms. The third-order valence-electron chi connectivity index (χ3n) is 3.20. The van der Waals surface area contributed by atoms with E-state index in [9.17, 15) is 0 Å². The average molecular weight is 294 g/mol. The molecule has 0 aliphatic heterocycles. The molecule has 1 aliphatic carbocycles. The fourth-order valence-corrected chi connectivity index (χ4v) is 2.73. The molecule has 0 unspecified atom stereocenters. The molecule has 0 N–H and O–H groups in total. The summed E-state index contributed by atoms with van der Waals surface area (Å²) in [6.45, 7) is 0. The van der Waals surface area contributed by atoms with Crippen LogP contribution in [-0.2, 0) is 18.2 Å². The number of nitrogens with zero attached hydrogens (tertiary/aromatic N) is 1. The van der Waals surface area contributed by atoms with Gasteiger partial charge in [0.2, 0.25) is 0 Å². The number of hydrogen-bond acceptors (Lipinski definition) is 3. The number of aryl methyl sites for hydroxylation is 1. The first-order valence-corrected chi connectivity index (χ1v) is 6.66. The number of hydrogen-bond donors (Lipinski definition) is 0. The molecule has 1 aromatic carbocycles. The van der Waals surface area contributed by atoms with Gasteiger partial charge in [-0.2, -0.15) is 0 Å². The summed E-state index contributed by atoms with van der Waals surface area (Å²) in [6.07, 6.45) is 2.03. The van der Waals surface area contributed by atoms with E-state index in [-0.39, 0.29) is 0 Å². The first-order valence-electron chi connectivity index (χ1n) is 5.54. The van der Waals surface area contributed by atoms with Crippen molar-refractivity contribution in [2.24, 2.45) is 0 Å². The molecule has 1 aromatic heterocycles. The molecular formula is C13H12BrNO2. The van der Waals surface area contributed by atoms with Crippen LogP contribution >= 0.6 is 15.9 Å². The summed E-state index contributed by atoms with van der Waals surface area (Å²) in [4.78, 5) is 0. The van der Waals surface area contributed by atoms with E-state index in [4.69, 9.17) is 9.26 Å². The van der Waals surface area contributed by atoms with Gasteiger partial charge in [0.05, 0.1) is 12.8 Å². The topological polar surface area (TPSA) is 35.3 Å². The minimum absolute atomic E-state index is 0.741. The van der Waals surface area contributed by atoms with E-state index in [0.717, 1.165) is 40.9 Å². The summed E-state index contributed by atoms with van der Waals surface area (Å²) in [5.41, 5.74) is 4.65. The van der Waals surface area contributed by atoms with Crippen LogP contribution in [0.3, 0.4) is 0 Å². The van der Waals surface area contributed by atoms with Crippen LogP contribution in [0.4, 0.5) is 0 Å². The molecule has 0 spiro atoms. The molecule has 0 atom stereocenters. The number of ether oxygens (including phenoxy) is 1. The molecule has 1 aliphatic rings. The van der Waals surface area contributed by atoms with Crippen molar-refractivity contribution < 1.29 is 9.26 Å². The smallest absolute Gasteiger partial charge is 0.170 e. The second-order valence-corrected chi connectivity index (χ2v) is 4.65. The predicted octanol–water partition coefficient (Wildman–Crippen LogP) is 3.34. The van der Waals surface area contributed by atoms with E-state index >= 15 is 0 Å². The number of benzene rings is 1. The molecule has 0 radical (unpaired) electrons. The monoisotopic (exact) mass is 293 g/mol. The molecule has 2 aromatic rings. The highest BCUT2D eigenvalue weighted by molar-refractivity contribution is 9.08. The Morgan fingerprint density at radius 3 is 3.06 bits per heavy atom. The van der Waals surface area contributed by atoms with Gasteiger partial charge in [0.15, 0.2) is 5.76 Å².